The maximum atomic E-state index is 12.4. The van der Waals surface area contributed by atoms with Gasteiger partial charge in [0.25, 0.3) is 0 Å². The standard InChI is InChI=1S/C14H27N3O2/c1-10(2)16-12(18)9-17(4)13(19)11-7-5-6-8-14(11,3)15/h10-11H,5-9,15H2,1-4H3,(H,16,18). The topological polar surface area (TPSA) is 75.4 Å². The molecule has 5 nitrogen and oxygen atoms in total. The van der Waals surface area contributed by atoms with Crippen LogP contribution >= 0.6 is 0 Å². The molecule has 3 N–H and O–H groups in total. The Balaban J connectivity index is 2.58. The molecule has 0 aromatic heterocycles. The van der Waals surface area contributed by atoms with Gasteiger partial charge in [0.05, 0.1) is 12.5 Å². The summed E-state index contributed by atoms with van der Waals surface area (Å²) in [6.07, 6.45) is 3.81. The molecule has 0 aromatic rings. The lowest BCUT2D eigenvalue weighted by Gasteiger charge is -2.39. The third-order valence-corrected chi connectivity index (χ3v) is 3.76. The maximum absolute atomic E-state index is 12.4. The molecule has 0 aliphatic heterocycles. The highest BCUT2D eigenvalue weighted by atomic mass is 16.2. The van der Waals surface area contributed by atoms with E-state index in [1.807, 2.05) is 20.8 Å². The van der Waals surface area contributed by atoms with E-state index in [1.54, 1.807) is 7.05 Å². The van der Waals surface area contributed by atoms with Crippen molar-refractivity contribution < 1.29 is 9.59 Å². The van der Waals surface area contributed by atoms with Crippen LogP contribution in [0.25, 0.3) is 0 Å². The van der Waals surface area contributed by atoms with Gasteiger partial charge in [-0.05, 0) is 33.6 Å². The first-order valence-corrected chi connectivity index (χ1v) is 7.07. The Hall–Kier alpha value is -1.10. The van der Waals surface area contributed by atoms with Crippen LogP contribution in [0.1, 0.15) is 46.5 Å². The van der Waals surface area contributed by atoms with Gasteiger partial charge in [-0.2, -0.15) is 0 Å². The highest BCUT2D eigenvalue weighted by Crippen LogP contribution is 2.32. The summed E-state index contributed by atoms with van der Waals surface area (Å²) in [5, 5.41) is 2.79. The molecule has 2 atom stereocenters. The average molecular weight is 269 g/mol. The predicted molar refractivity (Wildman–Crippen MR) is 75.5 cm³/mol. The molecule has 0 radical (unpaired) electrons. The molecule has 19 heavy (non-hydrogen) atoms. The van der Waals surface area contributed by atoms with Gasteiger partial charge in [-0.1, -0.05) is 12.8 Å². The van der Waals surface area contributed by atoms with Gasteiger partial charge in [0.2, 0.25) is 11.8 Å². The summed E-state index contributed by atoms with van der Waals surface area (Å²) < 4.78 is 0. The summed E-state index contributed by atoms with van der Waals surface area (Å²) in [6, 6.07) is 0.0884. The van der Waals surface area contributed by atoms with E-state index in [1.165, 1.54) is 4.90 Å². The number of likely N-dealkylation sites (N-methyl/N-ethyl adjacent to an activating group) is 1. The van der Waals surface area contributed by atoms with Crippen LogP contribution in [0.5, 0.6) is 0 Å². The summed E-state index contributed by atoms with van der Waals surface area (Å²) in [5.41, 5.74) is 5.78. The molecule has 1 saturated carbocycles. The molecule has 0 aromatic carbocycles. The Bertz CT molecular complexity index is 340. The number of hydrogen-bond acceptors (Lipinski definition) is 3. The molecule has 0 saturated heterocycles. The number of nitrogens with two attached hydrogens (primary N) is 1. The molecule has 2 unspecified atom stereocenters. The molecule has 1 rings (SSSR count). The Morgan fingerprint density at radius 2 is 2.05 bits per heavy atom. The van der Waals surface area contributed by atoms with Crippen LogP contribution in [0.4, 0.5) is 0 Å². The first-order chi connectivity index (χ1) is 8.74. The zero-order valence-corrected chi connectivity index (χ0v) is 12.5. The molecular weight excluding hydrogens is 242 g/mol. The van der Waals surface area contributed by atoms with Gasteiger partial charge in [-0.3, -0.25) is 9.59 Å². The quantitative estimate of drug-likeness (QED) is 0.795. The van der Waals surface area contributed by atoms with Crippen molar-refractivity contribution in [3.8, 4) is 0 Å². The van der Waals surface area contributed by atoms with Crippen molar-refractivity contribution >= 4 is 11.8 Å². The lowest BCUT2D eigenvalue weighted by Crippen LogP contribution is -2.54. The van der Waals surface area contributed by atoms with Crippen LogP contribution in [-0.2, 0) is 9.59 Å². The normalized spacial score (nSPS) is 27.2. The van der Waals surface area contributed by atoms with E-state index in [2.05, 4.69) is 5.32 Å². The van der Waals surface area contributed by atoms with Crippen LogP contribution in [0.15, 0.2) is 0 Å². The summed E-state index contributed by atoms with van der Waals surface area (Å²) in [6.45, 7) is 5.84. The smallest absolute Gasteiger partial charge is 0.239 e. The van der Waals surface area contributed by atoms with Crippen molar-refractivity contribution in [2.24, 2.45) is 11.7 Å². The van der Waals surface area contributed by atoms with E-state index in [-0.39, 0.29) is 30.3 Å². The van der Waals surface area contributed by atoms with Crippen molar-refractivity contribution in [2.75, 3.05) is 13.6 Å². The molecule has 0 bridgehead atoms. The zero-order valence-electron chi connectivity index (χ0n) is 12.5. The average Bonchev–Trinajstić information content (AvgIpc) is 2.26. The van der Waals surface area contributed by atoms with Gasteiger partial charge in [0.1, 0.15) is 0 Å². The van der Waals surface area contributed by atoms with Crippen molar-refractivity contribution in [3.63, 3.8) is 0 Å². The molecular formula is C14H27N3O2. The largest absolute Gasteiger partial charge is 0.352 e. The molecule has 1 aliphatic rings. The zero-order chi connectivity index (χ0) is 14.6. The fraction of sp³-hybridized carbons (Fsp3) is 0.857. The van der Waals surface area contributed by atoms with Gasteiger partial charge >= 0.3 is 0 Å². The van der Waals surface area contributed by atoms with E-state index in [9.17, 15) is 9.59 Å². The summed E-state index contributed by atoms with van der Waals surface area (Å²) in [4.78, 5) is 25.6. The number of nitrogens with zero attached hydrogens (tertiary/aromatic N) is 1. The van der Waals surface area contributed by atoms with Crippen LogP contribution in [0, 0.1) is 5.92 Å². The lowest BCUT2D eigenvalue weighted by atomic mass is 9.74. The van der Waals surface area contributed by atoms with E-state index in [0.717, 1.165) is 25.7 Å². The highest BCUT2D eigenvalue weighted by molar-refractivity contribution is 5.86. The fourth-order valence-electron chi connectivity index (χ4n) is 2.69. The second kappa shape index (κ2) is 6.37. The van der Waals surface area contributed by atoms with Gasteiger partial charge in [-0.15, -0.1) is 0 Å². The van der Waals surface area contributed by atoms with Crippen LogP contribution < -0.4 is 11.1 Å². The fourth-order valence-corrected chi connectivity index (χ4v) is 2.69. The Labute approximate surface area is 115 Å². The summed E-state index contributed by atoms with van der Waals surface area (Å²) >= 11 is 0. The van der Waals surface area contributed by atoms with E-state index >= 15 is 0 Å². The van der Waals surface area contributed by atoms with Crippen LogP contribution in [0.3, 0.4) is 0 Å². The molecule has 110 valence electrons. The van der Waals surface area contributed by atoms with Crippen LogP contribution in [0.2, 0.25) is 0 Å². The van der Waals surface area contributed by atoms with E-state index < -0.39 is 5.54 Å². The second-order valence-electron chi connectivity index (χ2n) is 6.22. The van der Waals surface area contributed by atoms with Crippen molar-refractivity contribution in [3.05, 3.63) is 0 Å². The Morgan fingerprint density at radius 3 is 2.58 bits per heavy atom. The molecule has 2 amide bonds. The maximum Gasteiger partial charge on any atom is 0.239 e. The molecule has 5 heteroatoms. The van der Waals surface area contributed by atoms with Crippen molar-refractivity contribution in [1.82, 2.24) is 10.2 Å². The number of carbonyl (C=O) groups excluding carboxylic acids is 2. The van der Waals surface area contributed by atoms with Crippen molar-refractivity contribution in [1.29, 1.82) is 0 Å². The minimum atomic E-state index is -0.446. The number of amides is 2. The lowest BCUT2D eigenvalue weighted by molar-refractivity contribution is -0.141. The molecule has 0 heterocycles. The summed E-state index contributed by atoms with van der Waals surface area (Å²) in [5.74, 6) is -0.304. The minimum absolute atomic E-state index is 0.0105. The third kappa shape index (κ3) is 4.49. The number of hydrogen-bond donors (Lipinski definition) is 2. The highest BCUT2D eigenvalue weighted by Gasteiger charge is 2.39. The van der Waals surface area contributed by atoms with Crippen molar-refractivity contribution in [2.45, 2.75) is 58.0 Å². The minimum Gasteiger partial charge on any atom is -0.352 e. The van der Waals surface area contributed by atoms with E-state index in [4.69, 9.17) is 5.73 Å². The molecule has 0 spiro atoms. The second-order valence-corrected chi connectivity index (χ2v) is 6.22. The monoisotopic (exact) mass is 269 g/mol. The molecule has 1 aliphatic carbocycles. The number of carbonyl (C=O) groups is 2. The van der Waals surface area contributed by atoms with Gasteiger partial charge in [0.15, 0.2) is 0 Å². The van der Waals surface area contributed by atoms with E-state index in [0.29, 0.717) is 0 Å². The Kier molecular flexibility index (Phi) is 5.35. The van der Waals surface area contributed by atoms with Gasteiger partial charge in [-0.25, -0.2) is 0 Å². The van der Waals surface area contributed by atoms with Gasteiger partial charge < -0.3 is 16.0 Å². The predicted octanol–water partition coefficient (Wildman–Crippen LogP) is 0.877. The first kappa shape index (κ1) is 16.0. The third-order valence-electron chi connectivity index (χ3n) is 3.76. The first-order valence-electron chi connectivity index (χ1n) is 7.07. The number of nitrogens with one attached hydrogen (secondary N) is 1. The SMILES string of the molecule is CC(C)NC(=O)CN(C)C(=O)C1CCCCC1(C)N. The summed E-state index contributed by atoms with van der Waals surface area (Å²) in [7, 11) is 1.67. The Morgan fingerprint density at radius 1 is 1.42 bits per heavy atom. The molecule has 1 fully saturated rings. The van der Waals surface area contributed by atoms with Crippen LogP contribution in [-0.4, -0.2) is 41.9 Å². The van der Waals surface area contributed by atoms with Gasteiger partial charge in [0, 0.05) is 18.6 Å². The number of rotatable bonds is 4.